The van der Waals surface area contributed by atoms with E-state index in [9.17, 15) is 14.7 Å². The summed E-state index contributed by atoms with van der Waals surface area (Å²) in [6, 6.07) is 20.8. The summed E-state index contributed by atoms with van der Waals surface area (Å²) in [5.74, 6) is 0.108. The molecule has 0 spiro atoms. The van der Waals surface area contributed by atoms with E-state index in [1.165, 1.54) is 4.90 Å². The number of Topliss-reactive ketones (excluding diaryl/α,β-unsaturated/α-hetero) is 1. The third kappa shape index (κ3) is 5.67. The van der Waals surface area contributed by atoms with Gasteiger partial charge in [0.05, 0.1) is 31.4 Å². The maximum atomic E-state index is 13.4. The van der Waals surface area contributed by atoms with Crippen LogP contribution in [0, 0.1) is 0 Å². The van der Waals surface area contributed by atoms with Crippen molar-refractivity contribution in [3.63, 3.8) is 0 Å². The number of carbonyl (C=O) groups excluding carboxylic acids is 2. The summed E-state index contributed by atoms with van der Waals surface area (Å²) < 4.78 is 17.2. The summed E-state index contributed by atoms with van der Waals surface area (Å²) in [4.78, 5) is 28.3. The van der Waals surface area contributed by atoms with Gasteiger partial charge in [0.2, 0.25) is 0 Å². The van der Waals surface area contributed by atoms with E-state index in [0.29, 0.717) is 48.2 Å². The molecular formula is C31H33NO6. The Labute approximate surface area is 223 Å². The van der Waals surface area contributed by atoms with Gasteiger partial charge in [0, 0.05) is 12.1 Å². The summed E-state index contributed by atoms with van der Waals surface area (Å²) in [7, 11) is 0. The average molecular weight is 516 g/mol. The van der Waals surface area contributed by atoms with Crippen LogP contribution in [0.3, 0.4) is 0 Å². The topological polar surface area (TPSA) is 85.3 Å². The Morgan fingerprint density at radius 1 is 0.842 bits per heavy atom. The van der Waals surface area contributed by atoms with Crippen LogP contribution in [0.1, 0.15) is 49.9 Å². The van der Waals surface area contributed by atoms with Crippen molar-refractivity contribution in [2.24, 2.45) is 0 Å². The van der Waals surface area contributed by atoms with Crippen molar-refractivity contribution < 1.29 is 28.9 Å². The summed E-state index contributed by atoms with van der Waals surface area (Å²) in [5.41, 5.74) is 1.96. The van der Waals surface area contributed by atoms with E-state index in [0.717, 1.165) is 12.0 Å². The van der Waals surface area contributed by atoms with Crippen LogP contribution in [0.2, 0.25) is 0 Å². The number of likely N-dealkylation sites (tertiary alicyclic amines) is 1. The highest BCUT2D eigenvalue weighted by Crippen LogP contribution is 2.43. The van der Waals surface area contributed by atoms with Crippen LogP contribution in [-0.2, 0) is 16.1 Å². The molecule has 1 fully saturated rings. The van der Waals surface area contributed by atoms with E-state index in [4.69, 9.17) is 14.2 Å². The molecule has 7 heteroatoms. The first-order valence-corrected chi connectivity index (χ1v) is 12.9. The lowest BCUT2D eigenvalue weighted by molar-refractivity contribution is -0.140. The fraction of sp³-hybridized carbons (Fsp3) is 0.290. The molecule has 1 amide bonds. The molecule has 198 valence electrons. The molecule has 4 rings (SSSR count). The minimum Gasteiger partial charge on any atom is -0.507 e. The molecule has 1 heterocycles. The van der Waals surface area contributed by atoms with Gasteiger partial charge in [-0.15, -0.1) is 0 Å². The molecule has 1 aliphatic rings. The maximum Gasteiger partial charge on any atom is 0.295 e. The molecule has 1 N–H and O–H groups in total. The third-order valence-corrected chi connectivity index (χ3v) is 6.22. The number of nitrogens with zero attached hydrogens (tertiary/aromatic N) is 1. The lowest BCUT2D eigenvalue weighted by atomic mass is 9.94. The Balaban J connectivity index is 1.84. The number of rotatable bonds is 11. The number of hydrogen-bond donors (Lipinski definition) is 1. The Bertz CT molecular complexity index is 1300. The summed E-state index contributed by atoms with van der Waals surface area (Å²) in [5, 5.41) is 11.4. The molecule has 0 aliphatic carbocycles. The van der Waals surface area contributed by atoms with Gasteiger partial charge in [-0.1, -0.05) is 43.3 Å². The summed E-state index contributed by atoms with van der Waals surface area (Å²) in [6.45, 7) is 7.45. The molecule has 0 bridgehead atoms. The Kier molecular flexibility index (Phi) is 8.69. The zero-order valence-corrected chi connectivity index (χ0v) is 22.0. The van der Waals surface area contributed by atoms with Crippen molar-refractivity contribution in [3.8, 4) is 17.2 Å². The number of ether oxygens (including phenoxy) is 3. The van der Waals surface area contributed by atoms with Gasteiger partial charge in [-0.3, -0.25) is 9.59 Å². The quantitative estimate of drug-likeness (QED) is 0.195. The van der Waals surface area contributed by atoms with Crippen molar-refractivity contribution in [1.29, 1.82) is 0 Å². The second kappa shape index (κ2) is 12.3. The molecule has 7 nitrogen and oxygen atoms in total. The van der Waals surface area contributed by atoms with E-state index < -0.39 is 17.7 Å². The number of benzene rings is 3. The second-order valence-electron chi connectivity index (χ2n) is 8.86. The number of ketones is 1. The molecule has 1 saturated heterocycles. The number of carbonyl (C=O) groups is 2. The first-order chi connectivity index (χ1) is 18.5. The van der Waals surface area contributed by atoms with E-state index >= 15 is 0 Å². The highest BCUT2D eigenvalue weighted by Gasteiger charge is 2.46. The highest BCUT2D eigenvalue weighted by atomic mass is 16.5. The number of aliphatic hydroxyl groups is 1. The van der Waals surface area contributed by atoms with Gasteiger partial charge in [0.1, 0.15) is 11.5 Å². The van der Waals surface area contributed by atoms with Crippen LogP contribution in [0.4, 0.5) is 0 Å². The third-order valence-electron chi connectivity index (χ3n) is 6.22. The van der Waals surface area contributed by atoms with Gasteiger partial charge in [-0.2, -0.15) is 0 Å². The zero-order valence-electron chi connectivity index (χ0n) is 22.0. The molecule has 1 unspecified atom stereocenters. The minimum absolute atomic E-state index is 0.0276. The Morgan fingerprint density at radius 3 is 2.21 bits per heavy atom. The zero-order chi connectivity index (χ0) is 27.1. The van der Waals surface area contributed by atoms with Gasteiger partial charge in [0.25, 0.3) is 11.7 Å². The van der Waals surface area contributed by atoms with Crippen molar-refractivity contribution in [2.75, 3.05) is 19.8 Å². The molecular weight excluding hydrogens is 482 g/mol. The molecule has 1 aliphatic heterocycles. The molecule has 0 saturated carbocycles. The maximum absolute atomic E-state index is 13.4. The lowest BCUT2D eigenvalue weighted by Crippen LogP contribution is -2.29. The first kappa shape index (κ1) is 26.8. The second-order valence-corrected chi connectivity index (χ2v) is 8.86. The normalized spacial score (nSPS) is 16.5. The fourth-order valence-corrected chi connectivity index (χ4v) is 4.50. The van der Waals surface area contributed by atoms with Crippen molar-refractivity contribution in [1.82, 2.24) is 4.90 Å². The van der Waals surface area contributed by atoms with Crippen LogP contribution >= 0.6 is 0 Å². The van der Waals surface area contributed by atoms with Gasteiger partial charge >= 0.3 is 0 Å². The van der Waals surface area contributed by atoms with Crippen LogP contribution in [0.5, 0.6) is 17.2 Å². The summed E-state index contributed by atoms with van der Waals surface area (Å²) in [6.07, 6.45) is 0.840. The first-order valence-electron chi connectivity index (χ1n) is 12.9. The van der Waals surface area contributed by atoms with Crippen LogP contribution in [-0.4, -0.2) is 41.5 Å². The van der Waals surface area contributed by atoms with Gasteiger partial charge < -0.3 is 24.2 Å². The van der Waals surface area contributed by atoms with E-state index in [1.54, 1.807) is 36.4 Å². The smallest absolute Gasteiger partial charge is 0.295 e. The number of hydrogen-bond acceptors (Lipinski definition) is 6. The predicted molar refractivity (Wildman–Crippen MR) is 145 cm³/mol. The van der Waals surface area contributed by atoms with Gasteiger partial charge in [0.15, 0.2) is 11.5 Å². The molecule has 3 aromatic carbocycles. The largest absolute Gasteiger partial charge is 0.507 e. The molecule has 0 radical (unpaired) electrons. The Morgan fingerprint density at radius 2 is 1.55 bits per heavy atom. The van der Waals surface area contributed by atoms with Crippen molar-refractivity contribution in [2.45, 2.75) is 39.8 Å². The van der Waals surface area contributed by atoms with Gasteiger partial charge in [-0.05, 0) is 67.8 Å². The van der Waals surface area contributed by atoms with Crippen LogP contribution in [0.15, 0.2) is 78.4 Å². The monoisotopic (exact) mass is 515 g/mol. The standard InChI is InChI=1S/C31H33NO6/c1-4-18-38-25-17-14-23(19-26(25)37-6-3)28-27(29(33)22-12-15-24(16-13-22)36-5-2)30(34)31(35)32(28)20-21-10-8-7-9-11-21/h7-17,19,28,33H,4-6,18,20H2,1-3H3/b29-27+. The van der Waals surface area contributed by atoms with E-state index in [1.807, 2.05) is 57.2 Å². The number of aliphatic hydroxyl groups excluding tert-OH is 1. The average Bonchev–Trinajstić information content (AvgIpc) is 3.18. The van der Waals surface area contributed by atoms with E-state index in [-0.39, 0.29) is 17.9 Å². The van der Waals surface area contributed by atoms with Crippen LogP contribution in [0.25, 0.3) is 5.76 Å². The van der Waals surface area contributed by atoms with Gasteiger partial charge in [-0.25, -0.2) is 0 Å². The van der Waals surface area contributed by atoms with Crippen molar-refractivity contribution in [3.05, 3.63) is 95.1 Å². The molecule has 3 aromatic rings. The molecule has 38 heavy (non-hydrogen) atoms. The fourth-order valence-electron chi connectivity index (χ4n) is 4.50. The molecule has 1 atom stereocenters. The van der Waals surface area contributed by atoms with Crippen LogP contribution < -0.4 is 14.2 Å². The Hall–Kier alpha value is -4.26. The lowest BCUT2D eigenvalue weighted by Gasteiger charge is -2.26. The SMILES string of the molecule is CCCOc1ccc(C2/C(=C(\O)c3ccc(OCC)cc3)C(=O)C(=O)N2Cc2ccccc2)cc1OCC. The molecule has 0 aromatic heterocycles. The number of amides is 1. The minimum atomic E-state index is -0.818. The predicted octanol–water partition coefficient (Wildman–Crippen LogP) is 5.89. The highest BCUT2D eigenvalue weighted by molar-refractivity contribution is 6.46. The van der Waals surface area contributed by atoms with Crippen molar-refractivity contribution >= 4 is 17.4 Å². The van der Waals surface area contributed by atoms with E-state index in [2.05, 4.69) is 0 Å². The summed E-state index contributed by atoms with van der Waals surface area (Å²) >= 11 is 0.